The maximum Gasteiger partial charge on any atom is 0.278 e. The van der Waals surface area contributed by atoms with Gasteiger partial charge in [-0.3, -0.25) is 4.79 Å². The molecule has 0 radical (unpaired) electrons. The molecule has 1 aromatic carbocycles. The molecule has 6 heteroatoms. The summed E-state index contributed by atoms with van der Waals surface area (Å²) in [5, 5.41) is 15.6. The first-order chi connectivity index (χ1) is 10.5. The van der Waals surface area contributed by atoms with Crippen LogP contribution in [0.15, 0.2) is 29.2 Å². The molecule has 2 N–H and O–H groups in total. The maximum atomic E-state index is 12.2. The van der Waals surface area contributed by atoms with E-state index in [1.807, 2.05) is 27.7 Å². The maximum absolute atomic E-state index is 12.2. The van der Waals surface area contributed by atoms with Gasteiger partial charge in [-0.15, -0.1) is 0 Å². The molecule has 5 nitrogen and oxygen atoms in total. The Balaban J connectivity index is 0.000000847. The molecule has 3 aromatic rings. The first-order valence-corrected chi connectivity index (χ1v) is 7.43. The van der Waals surface area contributed by atoms with E-state index in [0.29, 0.717) is 15.9 Å². The highest BCUT2D eigenvalue weighted by atomic mass is 35.5. The Morgan fingerprint density at radius 2 is 1.95 bits per heavy atom. The Morgan fingerprint density at radius 1 is 1.27 bits per heavy atom. The van der Waals surface area contributed by atoms with Crippen molar-refractivity contribution in [1.29, 1.82) is 0 Å². The Morgan fingerprint density at radius 3 is 2.55 bits per heavy atom. The summed E-state index contributed by atoms with van der Waals surface area (Å²) in [6.07, 6.45) is 1.57. The third-order valence-corrected chi connectivity index (χ3v) is 3.69. The fourth-order valence-electron chi connectivity index (χ4n) is 2.20. The van der Waals surface area contributed by atoms with Gasteiger partial charge in [0.15, 0.2) is 11.4 Å². The lowest BCUT2D eigenvalue weighted by atomic mass is 10.1. The van der Waals surface area contributed by atoms with Crippen LogP contribution in [0.4, 0.5) is 0 Å². The van der Waals surface area contributed by atoms with Gasteiger partial charge in [0.25, 0.3) is 5.56 Å². The zero-order valence-electron chi connectivity index (χ0n) is 12.9. The van der Waals surface area contributed by atoms with Gasteiger partial charge in [0, 0.05) is 22.3 Å². The van der Waals surface area contributed by atoms with Gasteiger partial charge in [0.1, 0.15) is 0 Å². The molecule has 116 valence electrons. The molecule has 22 heavy (non-hydrogen) atoms. The van der Waals surface area contributed by atoms with Crippen LogP contribution in [0.3, 0.4) is 0 Å². The van der Waals surface area contributed by atoms with Gasteiger partial charge >= 0.3 is 0 Å². The average molecular weight is 320 g/mol. The topological polar surface area (TPSA) is 70.9 Å². The van der Waals surface area contributed by atoms with Gasteiger partial charge in [-0.1, -0.05) is 25.4 Å². The second-order valence-electron chi connectivity index (χ2n) is 4.68. The van der Waals surface area contributed by atoms with Crippen LogP contribution in [0.1, 0.15) is 25.1 Å². The molecule has 0 aliphatic heterocycles. The number of hydrogen-bond acceptors (Lipinski definition) is 3. The Kier molecular flexibility index (Phi) is 4.56. The number of benzene rings is 1. The van der Waals surface area contributed by atoms with E-state index in [4.69, 9.17) is 11.6 Å². The fraction of sp³-hybridized carbons (Fsp3) is 0.250. The van der Waals surface area contributed by atoms with Crippen LogP contribution in [-0.4, -0.2) is 19.9 Å². The number of hydrogen-bond donors (Lipinski definition) is 2. The molecule has 0 fully saturated rings. The standard InChI is InChI=1S/C14H12ClN3O2.C2H6/c1-7-5-9-11(6-10(7)15)17-14(20)12(13(9)19)18-8(2)3-4-16-18;1-2/h3-6H,1-2H3,(H2,17,19,20);1-2H3. The zero-order chi connectivity index (χ0) is 16.4. The number of aromatic nitrogens is 3. The molecule has 0 spiro atoms. The molecule has 0 aliphatic carbocycles. The van der Waals surface area contributed by atoms with Crippen LogP contribution in [-0.2, 0) is 0 Å². The normalized spacial score (nSPS) is 10.4. The predicted molar refractivity (Wildman–Crippen MR) is 89.2 cm³/mol. The summed E-state index contributed by atoms with van der Waals surface area (Å²) < 4.78 is 1.41. The molecule has 2 heterocycles. The van der Waals surface area contributed by atoms with Crippen molar-refractivity contribution >= 4 is 22.5 Å². The number of halogens is 1. The molecular weight excluding hydrogens is 302 g/mol. The number of H-pyrrole nitrogens is 1. The van der Waals surface area contributed by atoms with E-state index in [1.54, 1.807) is 24.4 Å². The van der Waals surface area contributed by atoms with E-state index in [9.17, 15) is 9.90 Å². The van der Waals surface area contributed by atoms with Crippen LogP contribution in [0.2, 0.25) is 5.02 Å². The Hall–Kier alpha value is -2.27. The number of nitrogens with zero attached hydrogens (tertiary/aromatic N) is 2. The molecule has 0 unspecified atom stereocenters. The monoisotopic (exact) mass is 319 g/mol. The summed E-state index contributed by atoms with van der Waals surface area (Å²) in [5.74, 6) is -0.102. The van der Waals surface area contributed by atoms with Crippen molar-refractivity contribution in [1.82, 2.24) is 14.8 Å². The van der Waals surface area contributed by atoms with E-state index in [0.717, 1.165) is 11.3 Å². The summed E-state index contributed by atoms with van der Waals surface area (Å²) in [6, 6.07) is 5.13. The number of aromatic hydroxyl groups is 1. The van der Waals surface area contributed by atoms with Gasteiger partial charge in [-0.05, 0) is 37.6 Å². The van der Waals surface area contributed by atoms with Crippen LogP contribution >= 0.6 is 11.6 Å². The number of fused-ring (bicyclic) bond motifs is 1. The number of aromatic amines is 1. The highest BCUT2D eigenvalue weighted by Gasteiger charge is 2.16. The van der Waals surface area contributed by atoms with Gasteiger partial charge in [0.05, 0.1) is 5.52 Å². The third kappa shape index (κ3) is 2.60. The minimum Gasteiger partial charge on any atom is -0.505 e. The zero-order valence-corrected chi connectivity index (χ0v) is 13.7. The van der Waals surface area contributed by atoms with Crippen LogP contribution in [0.25, 0.3) is 16.6 Å². The number of pyridine rings is 1. The molecule has 2 aromatic heterocycles. The summed E-state index contributed by atoms with van der Waals surface area (Å²) in [7, 11) is 0. The van der Waals surface area contributed by atoms with Gasteiger partial charge in [-0.2, -0.15) is 5.10 Å². The molecule has 0 bridgehead atoms. The van der Waals surface area contributed by atoms with Crippen molar-refractivity contribution in [3.63, 3.8) is 0 Å². The van der Waals surface area contributed by atoms with Gasteiger partial charge < -0.3 is 10.1 Å². The van der Waals surface area contributed by atoms with E-state index >= 15 is 0 Å². The molecular formula is C16H18ClN3O2. The molecule has 0 aliphatic rings. The number of rotatable bonds is 1. The average Bonchev–Trinajstić information content (AvgIpc) is 2.90. The quantitative estimate of drug-likeness (QED) is 0.718. The molecule has 0 amide bonds. The first-order valence-electron chi connectivity index (χ1n) is 7.05. The first kappa shape index (κ1) is 16.1. The lowest BCUT2D eigenvalue weighted by Gasteiger charge is -2.10. The second-order valence-corrected chi connectivity index (χ2v) is 5.09. The molecule has 0 saturated carbocycles. The van der Waals surface area contributed by atoms with Crippen molar-refractivity contribution in [2.24, 2.45) is 0 Å². The van der Waals surface area contributed by atoms with E-state index in [-0.39, 0.29) is 11.4 Å². The number of nitrogens with one attached hydrogen (secondary N) is 1. The molecule has 0 saturated heterocycles. The minimum absolute atomic E-state index is 0.102. The SMILES string of the molecule is CC.Cc1cc2c(O)c(-n3nccc3C)c(=O)[nH]c2cc1Cl. The van der Waals surface area contributed by atoms with Crippen molar-refractivity contribution in [3.05, 3.63) is 51.0 Å². The van der Waals surface area contributed by atoms with Crippen molar-refractivity contribution < 1.29 is 5.11 Å². The van der Waals surface area contributed by atoms with Crippen molar-refractivity contribution in [2.75, 3.05) is 0 Å². The Bertz CT molecular complexity index is 881. The van der Waals surface area contributed by atoms with Crippen LogP contribution in [0.5, 0.6) is 5.75 Å². The van der Waals surface area contributed by atoms with Crippen molar-refractivity contribution in [2.45, 2.75) is 27.7 Å². The van der Waals surface area contributed by atoms with E-state index in [2.05, 4.69) is 10.1 Å². The smallest absolute Gasteiger partial charge is 0.278 e. The van der Waals surface area contributed by atoms with Gasteiger partial charge in [-0.25, -0.2) is 4.68 Å². The molecule has 3 rings (SSSR count). The van der Waals surface area contributed by atoms with Crippen molar-refractivity contribution in [3.8, 4) is 11.4 Å². The van der Waals surface area contributed by atoms with Crippen LogP contribution in [0, 0.1) is 13.8 Å². The minimum atomic E-state index is -0.415. The molecule has 0 atom stereocenters. The summed E-state index contributed by atoms with van der Waals surface area (Å²) in [5.41, 5.74) is 1.78. The van der Waals surface area contributed by atoms with E-state index in [1.165, 1.54) is 4.68 Å². The largest absolute Gasteiger partial charge is 0.505 e. The summed E-state index contributed by atoms with van der Waals surface area (Å²) in [4.78, 5) is 14.9. The fourth-order valence-corrected chi connectivity index (χ4v) is 2.36. The third-order valence-electron chi connectivity index (χ3n) is 3.29. The second kappa shape index (κ2) is 6.23. The summed E-state index contributed by atoms with van der Waals surface area (Å²) in [6.45, 7) is 7.65. The van der Waals surface area contributed by atoms with Crippen LogP contribution < -0.4 is 5.56 Å². The predicted octanol–water partition coefficient (Wildman–Crippen LogP) is 3.72. The van der Waals surface area contributed by atoms with E-state index < -0.39 is 5.56 Å². The highest BCUT2D eigenvalue weighted by molar-refractivity contribution is 6.32. The number of aryl methyl sites for hydroxylation is 2. The lowest BCUT2D eigenvalue weighted by Crippen LogP contribution is -2.16. The highest BCUT2D eigenvalue weighted by Crippen LogP contribution is 2.31. The summed E-state index contributed by atoms with van der Waals surface area (Å²) >= 11 is 6.04. The lowest BCUT2D eigenvalue weighted by molar-refractivity contribution is 0.474. The Labute approximate surface area is 133 Å². The van der Waals surface area contributed by atoms with Gasteiger partial charge in [0.2, 0.25) is 0 Å².